The SMILES string of the molecule is CC(=O)N[C@@H]1[C@@H](O)[C@H](O[C@@H]2O[C@H](CO)[C@@H](O[C@H]3O[C@H](CO[C@H]4O[C@H](CO)[C@@H](O[C@@H]5O[C@H](CO)[C@@H](O[C@@H]6O[C@H](CO)[C@H](O)[C@H](O)[C@H]6NC(C)=O)[C@H](O)[C@H]5NC(C)=O)[C@H](O)[C@@H]4O)[C@@H](O)[C@H](O[C@H]4O[C@H](CO)[C@@H](O[C@@H]5O[C@H](CO)[C@@H](O[C@@H]6O[C@H](CO)[C@H](O)[C@H](O)[C@H]6NC(C)=O)[C@H](O)[C@H]5NC(C)=O)[C@H](O)[C@@H]4O)[C@@H]3O)[C@H](O)[C@H]2NC(C)=O)[C@@H](CO)O[C@H]1O. The Balaban J connectivity index is 0.971. The van der Waals surface area contributed by atoms with E-state index in [1.54, 1.807) is 0 Å². The van der Waals surface area contributed by atoms with Crippen LogP contribution in [0.5, 0.6) is 0 Å². The highest BCUT2D eigenvalue weighted by Crippen LogP contribution is 2.40. The second-order valence-electron chi connectivity index (χ2n) is 29.6. The van der Waals surface area contributed by atoms with Crippen LogP contribution in [0.1, 0.15) is 41.5 Å². The lowest BCUT2D eigenvalue weighted by Crippen LogP contribution is -2.71. The summed E-state index contributed by atoms with van der Waals surface area (Å²) in [6, 6.07) is -10.4. The number of amides is 6. The molecule has 6 amide bonds. The van der Waals surface area contributed by atoms with E-state index >= 15 is 0 Å². The number of hydrogen-bond donors (Lipinski definition) is 29. The lowest BCUT2D eigenvalue weighted by atomic mass is 9.93. The molecular weight excluding hydrogens is 1610 g/mol. The normalized spacial score (nSPS) is 46.9. The van der Waals surface area contributed by atoms with Crippen LogP contribution in [0, 0.1) is 0 Å². The minimum Gasteiger partial charge on any atom is -0.394 e. The van der Waals surface area contributed by atoms with Gasteiger partial charge in [-0.2, -0.15) is 0 Å². The summed E-state index contributed by atoms with van der Waals surface area (Å²) in [6.07, 6.45) is -78.6. The molecule has 52 nitrogen and oxygen atoms in total. The second kappa shape index (κ2) is 42.7. The summed E-state index contributed by atoms with van der Waals surface area (Å²) in [5, 5.41) is 272. The number of aliphatic hydroxyl groups is 23. The molecule has 9 aliphatic heterocycles. The van der Waals surface area contributed by atoms with Crippen molar-refractivity contribution in [1.29, 1.82) is 0 Å². The number of ether oxygens (including phenoxy) is 17. The van der Waals surface area contributed by atoms with Crippen LogP contribution in [0.2, 0.25) is 0 Å². The first-order valence-corrected chi connectivity index (χ1v) is 37.6. The fraction of sp³-hybridized carbons (Fsp3) is 0.909. The van der Waals surface area contributed by atoms with E-state index in [2.05, 4.69) is 31.9 Å². The van der Waals surface area contributed by atoms with E-state index < -0.39 is 371 Å². The molecule has 0 aromatic rings. The molecule has 9 fully saturated rings. The highest BCUT2D eigenvalue weighted by molar-refractivity contribution is 5.75. The Morgan fingerprint density at radius 1 is 0.220 bits per heavy atom. The Kier molecular flexibility index (Phi) is 35.1. The van der Waals surface area contributed by atoms with Gasteiger partial charge < -0.3 is 230 Å². The highest BCUT2D eigenvalue weighted by atomic mass is 16.8. The van der Waals surface area contributed by atoms with Gasteiger partial charge in [0.25, 0.3) is 0 Å². The molecule has 118 heavy (non-hydrogen) atoms. The van der Waals surface area contributed by atoms with E-state index in [1.807, 2.05) is 0 Å². The molecule has 0 unspecified atom stereocenters. The first-order valence-electron chi connectivity index (χ1n) is 37.6. The van der Waals surface area contributed by atoms with Gasteiger partial charge in [-0.3, -0.25) is 28.8 Å². The molecule has 52 heteroatoms. The fourth-order valence-electron chi connectivity index (χ4n) is 15.3. The van der Waals surface area contributed by atoms with Crippen molar-refractivity contribution in [2.45, 2.75) is 318 Å². The van der Waals surface area contributed by atoms with Crippen LogP contribution in [0.3, 0.4) is 0 Å². The molecule has 9 rings (SSSR count). The smallest absolute Gasteiger partial charge is 0.217 e. The lowest BCUT2D eigenvalue weighted by molar-refractivity contribution is -0.392. The Hall–Kier alpha value is -4.78. The summed E-state index contributed by atoms with van der Waals surface area (Å²) in [6.45, 7) is -3.61. The minimum atomic E-state index is -2.50. The van der Waals surface area contributed by atoms with E-state index in [1.165, 1.54) is 0 Å². The predicted octanol–water partition coefficient (Wildman–Crippen LogP) is -19.8. The van der Waals surface area contributed by atoms with Crippen molar-refractivity contribution in [3.8, 4) is 0 Å². The topological polar surface area (TPSA) is 797 Å². The molecular formula is C66H110N6O46. The Morgan fingerprint density at radius 2 is 0.441 bits per heavy atom. The summed E-state index contributed by atoms with van der Waals surface area (Å²) in [4.78, 5) is 75.1. The van der Waals surface area contributed by atoms with Crippen LogP contribution >= 0.6 is 0 Å². The first kappa shape index (κ1) is 97.0. The molecule has 0 saturated carbocycles. The maximum absolute atomic E-state index is 12.9. The van der Waals surface area contributed by atoms with Gasteiger partial charge in [-0.1, -0.05) is 0 Å². The molecule has 9 heterocycles. The summed E-state index contributed by atoms with van der Waals surface area (Å²) >= 11 is 0. The zero-order chi connectivity index (χ0) is 87.1. The Bertz CT molecular complexity index is 3230. The summed E-state index contributed by atoms with van der Waals surface area (Å²) in [5.41, 5.74) is 0. The molecule has 45 atom stereocenters. The number of carbonyl (C=O) groups is 6. The average Bonchev–Trinajstić information content (AvgIpc) is 0.769. The average molecular weight is 1720 g/mol. The third-order valence-electron chi connectivity index (χ3n) is 21.2. The van der Waals surface area contributed by atoms with E-state index in [0.29, 0.717) is 0 Å². The van der Waals surface area contributed by atoms with Gasteiger partial charge in [0.2, 0.25) is 35.4 Å². The van der Waals surface area contributed by atoms with Crippen molar-refractivity contribution >= 4 is 35.4 Å². The number of carbonyl (C=O) groups excluding carboxylic acids is 6. The number of rotatable bonds is 31. The van der Waals surface area contributed by atoms with Crippen molar-refractivity contribution in [3.05, 3.63) is 0 Å². The molecule has 0 radical (unpaired) electrons. The van der Waals surface area contributed by atoms with Crippen LogP contribution in [0.25, 0.3) is 0 Å². The predicted molar refractivity (Wildman–Crippen MR) is 367 cm³/mol. The maximum atomic E-state index is 12.9. The highest BCUT2D eigenvalue weighted by Gasteiger charge is 2.61. The third kappa shape index (κ3) is 21.9. The summed E-state index contributed by atoms with van der Waals surface area (Å²) in [7, 11) is 0. The molecule has 0 bridgehead atoms. The zero-order valence-electron chi connectivity index (χ0n) is 64.0. The van der Waals surface area contributed by atoms with Gasteiger partial charge in [0, 0.05) is 41.5 Å². The second-order valence-corrected chi connectivity index (χ2v) is 29.6. The zero-order valence-corrected chi connectivity index (χ0v) is 64.0. The van der Waals surface area contributed by atoms with E-state index in [9.17, 15) is 146 Å². The van der Waals surface area contributed by atoms with Gasteiger partial charge in [-0.05, 0) is 0 Å². The third-order valence-corrected chi connectivity index (χ3v) is 21.2. The minimum absolute atomic E-state index is 0.772. The summed E-state index contributed by atoms with van der Waals surface area (Å²) < 4.78 is 101. The van der Waals surface area contributed by atoms with Crippen molar-refractivity contribution < 1.29 is 227 Å². The van der Waals surface area contributed by atoms with E-state index in [0.717, 1.165) is 41.5 Å². The first-order chi connectivity index (χ1) is 55.8. The van der Waals surface area contributed by atoms with E-state index in [4.69, 9.17) is 80.5 Å². The number of nitrogens with one attached hydrogen (secondary N) is 6. The van der Waals surface area contributed by atoms with Crippen molar-refractivity contribution in [1.82, 2.24) is 31.9 Å². The number of aliphatic hydroxyl groups excluding tert-OH is 23. The van der Waals surface area contributed by atoms with Crippen molar-refractivity contribution in [2.75, 3.05) is 59.5 Å². The van der Waals surface area contributed by atoms with Gasteiger partial charge in [-0.25, -0.2) is 0 Å². The standard InChI is InChI=1S/C66H110N6O46/c1-16(81)67-31-42(92)51(24(9-75)103-58(31)101)112-61-36(72-21(6)86)45(95)54(27(12-78)108-61)117-66-50(100)57(118-65-49(99)47(97)56(29(14-80)110-65)116-63-35(71-20(5)85)44(94)53(26(11-77)107-63)114-60-33(69-18(3)83)41(91)38(88)23(8-74)105-60)39(89)30(111-66)15-102-64-48(98)46(96)55(28(13-79)109-64)115-62-34(70-19(4)84)43(93)52(25(10-76)106-62)113-59-32(68-17(2)82)40(90)37(87)22(7-73)104-59/h22-66,73-80,87-101H,7-15H2,1-6H3,(H,67,81)(H,68,82)(H,69,83)(H,70,84)(H,71,85)(H,72,86)/t22-,23-,24-,25-,26-,27-,28-,29-,30-,31-,32-,33-,34-,35-,36-,37+,38+,39-,40-,41-,42-,43-,44-,45-,46-,47-,48+,49+,50+,51-,52-,53-,54-,55-,56-,57+,58-,59+,60+,61+,62+,63+,64+,65-,66-/m1/s1. The Labute approximate surface area is 669 Å². The van der Waals surface area contributed by atoms with Gasteiger partial charge in [0.15, 0.2) is 56.6 Å². The Morgan fingerprint density at radius 3 is 0.754 bits per heavy atom. The summed E-state index contributed by atoms with van der Waals surface area (Å²) in [5.74, 6) is -5.03. The fourth-order valence-corrected chi connectivity index (χ4v) is 15.3. The number of hydrogen-bond acceptors (Lipinski definition) is 46. The molecule has 0 aliphatic carbocycles. The monoisotopic (exact) mass is 1720 g/mol. The molecule has 9 aliphatic rings. The molecule has 29 N–H and O–H groups in total. The van der Waals surface area contributed by atoms with Gasteiger partial charge in [-0.15, -0.1) is 0 Å². The largest absolute Gasteiger partial charge is 0.394 e. The van der Waals surface area contributed by atoms with Crippen molar-refractivity contribution in [2.24, 2.45) is 0 Å². The lowest BCUT2D eigenvalue weighted by Gasteiger charge is -2.51. The van der Waals surface area contributed by atoms with Crippen LogP contribution in [-0.2, 0) is 109 Å². The molecule has 0 aromatic carbocycles. The van der Waals surface area contributed by atoms with Gasteiger partial charge >= 0.3 is 0 Å². The van der Waals surface area contributed by atoms with E-state index in [-0.39, 0.29) is 0 Å². The molecule has 0 aromatic heterocycles. The van der Waals surface area contributed by atoms with Crippen LogP contribution < -0.4 is 31.9 Å². The van der Waals surface area contributed by atoms with Gasteiger partial charge in [0.1, 0.15) is 219 Å². The molecule has 9 saturated heterocycles. The quantitative estimate of drug-likeness (QED) is 0.0306. The maximum Gasteiger partial charge on any atom is 0.217 e. The molecule has 0 spiro atoms. The molecule has 680 valence electrons. The van der Waals surface area contributed by atoms with Crippen LogP contribution in [0.4, 0.5) is 0 Å². The van der Waals surface area contributed by atoms with Gasteiger partial charge in [0.05, 0.1) is 59.5 Å². The van der Waals surface area contributed by atoms with Crippen LogP contribution in [-0.4, -0.2) is 488 Å². The van der Waals surface area contributed by atoms with Crippen molar-refractivity contribution in [3.63, 3.8) is 0 Å². The van der Waals surface area contributed by atoms with Crippen LogP contribution in [0.15, 0.2) is 0 Å².